The fourth-order valence-electron chi connectivity index (χ4n) is 13.2. The molecule has 0 N–H and O–H groups in total. The molecule has 374 valence electrons. The predicted octanol–water partition coefficient (Wildman–Crippen LogP) is 16.4. The molecule has 15 rings (SSSR count). The van der Waals surface area contributed by atoms with Crippen LogP contribution in [0.1, 0.15) is 72.6 Å². The number of hydrogen-bond donors (Lipinski definition) is 0. The minimum Gasteiger partial charge on any atom is -0.309 e. The summed E-state index contributed by atoms with van der Waals surface area (Å²) in [5.41, 5.74) is 15.7. The molecule has 1 aliphatic heterocycles. The Balaban J connectivity index is 0.940. The van der Waals surface area contributed by atoms with Gasteiger partial charge in [0, 0.05) is 55.1 Å². The monoisotopic (exact) mass is 1030 g/mol. The summed E-state index contributed by atoms with van der Waals surface area (Å²) in [5, 5.41) is 4.24. The third-order valence-electron chi connectivity index (χ3n) is 16.9. The molecule has 0 saturated heterocycles. The van der Waals surface area contributed by atoms with Crippen molar-refractivity contribution in [1.82, 2.24) is 24.1 Å². The molecule has 0 atom stereocenters. The first-order chi connectivity index (χ1) is 38.0. The molecule has 0 unspecified atom stereocenters. The zero-order chi connectivity index (χ0) is 52.7. The van der Waals surface area contributed by atoms with Crippen LogP contribution >= 0.6 is 0 Å². The summed E-state index contributed by atoms with van der Waals surface area (Å²) in [4.78, 5) is 16.5. The van der Waals surface area contributed by atoms with Crippen LogP contribution in [0.25, 0.3) is 89.2 Å². The fraction of sp³-hybridized carbons (Fsp3) is 0.100. The molecule has 0 radical (unpaired) electrons. The topological polar surface area (TPSA) is 82.7 Å². The fourth-order valence-corrected chi connectivity index (χ4v) is 15.1. The maximum Gasteiger partial charge on any atom is 0.238 e. The highest BCUT2D eigenvalue weighted by atomic mass is 32.2. The zero-order valence-electron chi connectivity index (χ0n) is 43.5. The van der Waals surface area contributed by atoms with Gasteiger partial charge in [-0.25, -0.2) is 13.4 Å². The van der Waals surface area contributed by atoms with Crippen LogP contribution in [0.15, 0.2) is 240 Å². The van der Waals surface area contributed by atoms with Crippen molar-refractivity contribution in [3.8, 4) is 45.5 Å². The number of fused-ring (bicyclic) bond motifs is 11. The first-order valence-electron chi connectivity index (χ1n) is 26.6. The number of para-hydroxylation sites is 2. The molecule has 78 heavy (non-hydrogen) atoms. The Hall–Kier alpha value is -9.24. The third-order valence-corrected chi connectivity index (χ3v) is 18.8. The first kappa shape index (κ1) is 46.1. The van der Waals surface area contributed by atoms with Gasteiger partial charge in [-0.3, -0.25) is 4.57 Å². The molecule has 0 bridgehead atoms. The number of sulfone groups is 1. The van der Waals surface area contributed by atoms with E-state index in [-0.39, 0.29) is 11.3 Å². The summed E-state index contributed by atoms with van der Waals surface area (Å²) in [6, 6.07) is 79.8. The Kier molecular flexibility index (Phi) is 9.97. The molecule has 0 amide bonds. The summed E-state index contributed by atoms with van der Waals surface area (Å²) in [6.07, 6.45) is 0. The van der Waals surface area contributed by atoms with Crippen molar-refractivity contribution in [2.24, 2.45) is 0 Å². The Morgan fingerprint density at radius 3 is 1.58 bits per heavy atom. The van der Waals surface area contributed by atoms with E-state index in [2.05, 4.69) is 182 Å². The largest absolute Gasteiger partial charge is 0.309 e. The predicted molar refractivity (Wildman–Crippen MR) is 315 cm³/mol. The average Bonchev–Trinajstić information content (AvgIpc) is 3.29. The van der Waals surface area contributed by atoms with Gasteiger partial charge in [-0.05, 0) is 105 Å². The van der Waals surface area contributed by atoms with Gasteiger partial charge in [-0.15, -0.1) is 0 Å². The van der Waals surface area contributed by atoms with E-state index < -0.39 is 15.3 Å². The lowest BCUT2D eigenvalue weighted by molar-refractivity contribution is 0.554. The van der Waals surface area contributed by atoms with Gasteiger partial charge < -0.3 is 4.57 Å². The molecule has 0 fully saturated rings. The van der Waals surface area contributed by atoms with Crippen molar-refractivity contribution in [1.29, 1.82) is 0 Å². The second kappa shape index (κ2) is 16.9. The molecule has 7 nitrogen and oxygen atoms in total. The van der Waals surface area contributed by atoms with Crippen molar-refractivity contribution in [2.45, 2.75) is 54.2 Å². The van der Waals surface area contributed by atoms with Gasteiger partial charge in [0.2, 0.25) is 15.8 Å². The van der Waals surface area contributed by atoms with E-state index in [0.717, 1.165) is 88.2 Å². The summed E-state index contributed by atoms with van der Waals surface area (Å²) in [7, 11) is -3.88. The molecular formula is C70H51N5O2S. The van der Waals surface area contributed by atoms with Gasteiger partial charge in [0.05, 0.1) is 31.9 Å². The van der Waals surface area contributed by atoms with E-state index in [1.807, 2.05) is 84.9 Å². The van der Waals surface area contributed by atoms with Crippen molar-refractivity contribution in [3.05, 3.63) is 269 Å². The van der Waals surface area contributed by atoms with Crippen LogP contribution in [0, 0.1) is 0 Å². The molecule has 1 aliphatic carbocycles. The van der Waals surface area contributed by atoms with E-state index in [1.165, 1.54) is 22.3 Å². The van der Waals surface area contributed by atoms with Crippen LogP contribution in [0.3, 0.4) is 0 Å². The Morgan fingerprint density at radius 1 is 0.397 bits per heavy atom. The lowest BCUT2D eigenvalue weighted by Crippen LogP contribution is -2.31. The van der Waals surface area contributed by atoms with Gasteiger partial charge in [-0.1, -0.05) is 204 Å². The van der Waals surface area contributed by atoms with Gasteiger partial charge in [-0.2, -0.15) is 9.97 Å². The van der Waals surface area contributed by atoms with Crippen LogP contribution < -0.4 is 0 Å². The molecular weight excluding hydrogens is 975 g/mol. The number of rotatable bonds is 6. The Morgan fingerprint density at radius 2 is 0.910 bits per heavy atom. The second-order valence-electron chi connectivity index (χ2n) is 22.0. The number of nitrogens with zero attached hydrogens (tertiary/aromatic N) is 5. The third kappa shape index (κ3) is 6.69. The molecule has 2 aliphatic rings. The van der Waals surface area contributed by atoms with E-state index in [1.54, 1.807) is 0 Å². The number of aromatic nitrogens is 5. The van der Waals surface area contributed by atoms with E-state index >= 15 is 0 Å². The average molecular weight is 1030 g/mol. The highest BCUT2D eigenvalue weighted by Crippen LogP contribution is 2.53. The summed E-state index contributed by atoms with van der Waals surface area (Å²) < 4.78 is 34.5. The van der Waals surface area contributed by atoms with Crippen LogP contribution in [-0.4, -0.2) is 32.5 Å². The molecule has 3 aromatic heterocycles. The summed E-state index contributed by atoms with van der Waals surface area (Å²) in [6.45, 7) is 8.96. The van der Waals surface area contributed by atoms with E-state index in [0.29, 0.717) is 27.4 Å². The summed E-state index contributed by atoms with van der Waals surface area (Å²) >= 11 is 0. The Bertz CT molecular complexity index is 4640. The van der Waals surface area contributed by atoms with Crippen LogP contribution in [0.2, 0.25) is 0 Å². The SMILES string of the molecule is CC1(C)c2ccccc2C(c2ccc3c(c2)C(C)(C)c2cc(-c4ccc5c(c4)c4ccc6c(c7ccccc7n6-c6ccccc6)c4n5-c4nc(-c5ccccc5)nc(-c5ccccc5)n4)ccc2S3(=O)=O)c2ccccc21. The zero-order valence-corrected chi connectivity index (χ0v) is 44.3. The van der Waals surface area contributed by atoms with Crippen molar-refractivity contribution in [3.63, 3.8) is 0 Å². The van der Waals surface area contributed by atoms with Gasteiger partial charge in [0.1, 0.15) is 0 Å². The van der Waals surface area contributed by atoms with Crippen molar-refractivity contribution >= 4 is 53.4 Å². The lowest BCUT2D eigenvalue weighted by Gasteiger charge is -2.40. The van der Waals surface area contributed by atoms with E-state index in [4.69, 9.17) is 15.0 Å². The van der Waals surface area contributed by atoms with Gasteiger partial charge in [0.15, 0.2) is 11.6 Å². The molecule has 8 heteroatoms. The highest BCUT2D eigenvalue weighted by Gasteiger charge is 2.43. The molecule has 0 spiro atoms. The normalized spacial score (nSPS) is 15.0. The van der Waals surface area contributed by atoms with Crippen LogP contribution in [0.5, 0.6) is 0 Å². The van der Waals surface area contributed by atoms with Crippen molar-refractivity contribution in [2.75, 3.05) is 0 Å². The van der Waals surface area contributed by atoms with Crippen molar-refractivity contribution < 1.29 is 8.42 Å². The smallest absolute Gasteiger partial charge is 0.238 e. The van der Waals surface area contributed by atoms with Crippen LogP contribution in [-0.2, 0) is 20.7 Å². The standard InChI is InChI=1S/C70H51N5O2S/c1-69(2)54-29-17-14-26-50(54)63(51-27-15-18-30-55(51)69)47-34-39-62-57(42-47)70(3,4)56-41-46(33-38-61(56)78(62,76)77)45-32-36-59-53(40-45)49-35-37-60-64(52-28-16-19-31-58(52)74(60)48-24-12-7-13-25-48)65(49)75(59)68-72-66(43-20-8-5-9-21-43)71-67(73-68)44-22-10-6-11-23-44/h5-42,63H,1-4H3. The minimum absolute atomic E-state index is 0.0562. The maximum absolute atomic E-state index is 15.0. The molecule has 10 aromatic carbocycles. The Labute approximate surface area is 452 Å². The van der Waals surface area contributed by atoms with E-state index in [9.17, 15) is 8.42 Å². The second-order valence-corrected chi connectivity index (χ2v) is 23.8. The van der Waals surface area contributed by atoms with Gasteiger partial charge in [0.25, 0.3) is 0 Å². The lowest BCUT2D eigenvalue weighted by atomic mass is 9.63. The molecule has 4 heterocycles. The van der Waals surface area contributed by atoms with Crippen LogP contribution in [0.4, 0.5) is 0 Å². The quantitative estimate of drug-likeness (QED) is 0.166. The van der Waals surface area contributed by atoms with Gasteiger partial charge >= 0.3 is 0 Å². The molecule has 13 aromatic rings. The number of benzene rings is 10. The first-order valence-corrected chi connectivity index (χ1v) is 28.1. The summed E-state index contributed by atoms with van der Waals surface area (Å²) in [5.74, 6) is 1.59. The minimum atomic E-state index is -3.88. The maximum atomic E-state index is 15.0. The highest BCUT2D eigenvalue weighted by molar-refractivity contribution is 7.91. The number of hydrogen-bond acceptors (Lipinski definition) is 5. The molecule has 0 saturated carbocycles.